The summed E-state index contributed by atoms with van der Waals surface area (Å²) in [6, 6.07) is 9.38. The van der Waals surface area contributed by atoms with Crippen molar-refractivity contribution in [1.29, 1.82) is 0 Å². The summed E-state index contributed by atoms with van der Waals surface area (Å²) in [6.45, 7) is -0.0117. The molecule has 2 saturated carbocycles. The second-order valence-electron chi connectivity index (χ2n) is 8.71. The fourth-order valence-corrected chi connectivity index (χ4v) is 5.59. The van der Waals surface area contributed by atoms with E-state index in [4.69, 9.17) is 9.15 Å². The van der Waals surface area contributed by atoms with E-state index in [9.17, 15) is 19.7 Å². The first-order chi connectivity index (χ1) is 15.5. The fourth-order valence-electron chi connectivity index (χ4n) is 5.59. The number of amides is 2. The Hall–Kier alpha value is -3.75. The Morgan fingerprint density at radius 2 is 1.78 bits per heavy atom. The number of carbonyl (C=O) groups excluding carboxylic acids is 2. The minimum absolute atomic E-state index is 0.0117. The van der Waals surface area contributed by atoms with E-state index in [1.54, 1.807) is 24.3 Å². The van der Waals surface area contributed by atoms with Crippen molar-refractivity contribution in [3.05, 3.63) is 70.2 Å². The first-order valence-corrected chi connectivity index (χ1v) is 10.6. The predicted molar refractivity (Wildman–Crippen MR) is 110 cm³/mol. The van der Waals surface area contributed by atoms with Crippen LogP contribution in [0.15, 0.2) is 58.1 Å². The van der Waals surface area contributed by atoms with Gasteiger partial charge in [-0.3, -0.25) is 19.7 Å². The highest BCUT2D eigenvalue weighted by atomic mass is 16.6. The summed E-state index contributed by atoms with van der Waals surface area (Å²) in [5, 5.41) is 16.2. The summed E-state index contributed by atoms with van der Waals surface area (Å²) in [4.78, 5) is 36.4. The molecule has 2 heterocycles. The topological polar surface area (TPSA) is 115 Å². The van der Waals surface area contributed by atoms with Gasteiger partial charge >= 0.3 is 5.69 Å². The smallest absolute Gasteiger partial charge is 0.310 e. The van der Waals surface area contributed by atoms with E-state index in [1.807, 2.05) is 0 Å². The van der Waals surface area contributed by atoms with Crippen LogP contribution < -0.4 is 4.74 Å². The number of para-hydroxylation sites is 2. The molecule has 4 aliphatic carbocycles. The van der Waals surface area contributed by atoms with Gasteiger partial charge in [0.25, 0.3) is 11.8 Å². The number of imide groups is 1. The molecule has 2 amide bonds. The molecule has 6 unspecified atom stereocenters. The number of allylic oxidation sites excluding steroid dienone is 2. The van der Waals surface area contributed by atoms with Crippen LogP contribution in [0.3, 0.4) is 0 Å². The molecule has 32 heavy (non-hydrogen) atoms. The largest absolute Gasteiger partial charge is 0.479 e. The highest BCUT2D eigenvalue weighted by Crippen LogP contribution is 2.65. The van der Waals surface area contributed by atoms with Crippen molar-refractivity contribution in [3.63, 3.8) is 0 Å². The summed E-state index contributed by atoms with van der Waals surface area (Å²) in [5.74, 6) is 1.27. The lowest BCUT2D eigenvalue weighted by molar-refractivity contribution is -0.386. The molecule has 0 spiro atoms. The van der Waals surface area contributed by atoms with Crippen LogP contribution in [0.25, 0.3) is 0 Å². The van der Waals surface area contributed by atoms with Crippen molar-refractivity contribution in [2.24, 2.45) is 40.6 Å². The minimum atomic E-state index is -0.511. The van der Waals surface area contributed by atoms with Gasteiger partial charge in [-0.2, -0.15) is 10.1 Å². The Morgan fingerprint density at radius 1 is 1.09 bits per heavy atom. The van der Waals surface area contributed by atoms with E-state index < -0.39 is 4.92 Å². The highest BCUT2D eigenvalue weighted by molar-refractivity contribution is 6.06. The van der Waals surface area contributed by atoms with Crippen molar-refractivity contribution >= 4 is 23.7 Å². The summed E-state index contributed by atoms with van der Waals surface area (Å²) in [5.41, 5.74) is -0.130. The lowest BCUT2D eigenvalue weighted by atomic mass is 9.63. The number of carbonyl (C=O) groups is 2. The average molecular weight is 433 g/mol. The van der Waals surface area contributed by atoms with Crippen molar-refractivity contribution in [3.8, 4) is 5.75 Å². The van der Waals surface area contributed by atoms with Crippen molar-refractivity contribution in [2.45, 2.75) is 13.0 Å². The van der Waals surface area contributed by atoms with Gasteiger partial charge in [-0.1, -0.05) is 24.3 Å². The number of nitrogens with zero attached hydrogens (tertiary/aromatic N) is 3. The summed E-state index contributed by atoms with van der Waals surface area (Å²) < 4.78 is 11.1. The van der Waals surface area contributed by atoms with E-state index in [1.165, 1.54) is 18.3 Å². The van der Waals surface area contributed by atoms with E-state index >= 15 is 0 Å². The van der Waals surface area contributed by atoms with Crippen molar-refractivity contribution in [2.75, 3.05) is 0 Å². The maximum atomic E-state index is 12.9. The molecular weight excluding hydrogens is 414 g/mol. The van der Waals surface area contributed by atoms with Crippen LogP contribution in [0.1, 0.15) is 17.9 Å². The number of nitro groups is 1. The number of furan rings is 1. The zero-order valence-electron chi connectivity index (χ0n) is 16.9. The summed E-state index contributed by atoms with van der Waals surface area (Å²) in [7, 11) is 0. The Morgan fingerprint density at radius 3 is 2.47 bits per heavy atom. The maximum absolute atomic E-state index is 12.9. The molecule has 7 rings (SSSR count). The van der Waals surface area contributed by atoms with E-state index in [0.717, 1.165) is 11.4 Å². The van der Waals surface area contributed by atoms with Gasteiger partial charge in [0.05, 0.1) is 23.0 Å². The van der Waals surface area contributed by atoms with Crippen LogP contribution in [0, 0.1) is 45.6 Å². The van der Waals surface area contributed by atoms with Gasteiger partial charge in [-0.15, -0.1) is 0 Å². The molecule has 2 aromatic rings. The van der Waals surface area contributed by atoms with E-state index in [0.29, 0.717) is 23.4 Å². The van der Waals surface area contributed by atoms with Gasteiger partial charge in [0.2, 0.25) is 0 Å². The third kappa shape index (κ3) is 2.80. The van der Waals surface area contributed by atoms with E-state index in [-0.39, 0.29) is 53.5 Å². The number of ether oxygens (including phenoxy) is 1. The number of hydrogen-bond donors (Lipinski definition) is 0. The molecule has 162 valence electrons. The Labute approximate surface area is 182 Å². The molecule has 1 aromatic heterocycles. The van der Waals surface area contributed by atoms with Gasteiger partial charge in [-0.25, -0.2) is 0 Å². The van der Waals surface area contributed by atoms with E-state index in [2.05, 4.69) is 17.3 Å². The zero-order chi connectivity index (χ0) is 22.0. The second kappa shape index (κ2) is 6.88. The van der Waals surface area contributed by atoms with Gasteiger partial charge < -0.3 is 9.15 Å². The Kier molecular flexibility index (Phi) is 4.08. The molecule has 3 fully saturated rings. The molecule has 1 aromatic carbocycles. The number of hydrogen-bond acceptors (Lipinski definition) is 7. The van der Waals surface area contributed by atoms with Gasteiger partial charge in [0.15, 0.2) is 5.75 Å². The average Bonchev–Trinajstić information content (AvgIpc) is 3.45. The Bertz CT molecular complexity index is 1160. The normalized spacial score (nSPS) is 31.8. The predicted octanol–water partition coefficient (Wildman–Crippen LogP) is 3.15. The van der Waals surface area contributed by atoms with Gasteiger partial charge in [-0.05, 0) is 48.3 Å². The first kappa shape index (κ1) is 19.0. The second-order valence-corrected chi connectivity index (χ2v) is 8.71. The molecule has 1 saturated heterocycles. The molecular formula is C23H19N3O6. The number of rotatable bonds is 6. The number of nitro benzene ring substituents is 1. The summed E-state index contributed by atoms with van der Waals surface area (Å²) in [6.07, 6.45) is 6.70. The molecule has 9 heteroatoms. The lowest BCUT2D eigenvalue weighted by Gasteiger charge is -2.37. The standard InChI is InChI=1S/C23H19N3O6/c27-22-20-14-7-8-15(17-9-16(14)17)21(20)23(28)25(22)24-10-12-5-6-13(32-12)11-31-19-4-2-1-3-18(19)26(29)30/h1-8,10,14-17,20-21H,9,11H2. The van der Waals surface area contributed by atoms with Crippen LogP contribution in [-0.2, 0) is 16.2 Å². The van der Waals surface area contributed by atoms with Gasteiger partial charge in [0, 0.05) is 6.07 Å². The minimum Gasteiger partial charge on any atom is -0.479 e. The van der Waals surface area contributed by atoms with Crippen LogP contribution in [-0.4, -0.2) is 28.0 Å². The van der Waals surface area contributed by atoms with Crippen LogP contribution in [0.4, 0.5) is 5.69 Å². The monoisotopic (exact) mass is 433 g/mol. The molecule has 2 bridgehead atoms. The third-order valence-electron chi connectivity index (χ3n) is 7.05. The summed E-state index contributed by atoms with van der Waals surface area (Å²) >= 11 is 0. The first-order valence-electron chi connectivity index (χ1n) is 10.6. The maximum Gasteiger partial charge on any atom is 0.310 e. The quantitative estimate of drug-likeness (QED) is 0.227. The number of hydrazone groups is 1. The fraction of sp³-hybridized carbons (Fsp3) is 0.348. The molecule has 1 aliphatic heterocycles. The van der Waals surface area contributed by atoms with Crippen LogP contribution in [0.2, 0.25) is 0 Å². The Balaban J connectivity index is 1.14. The van der Waals surface area contributed by atoms with Crippen LogP contribution >= 0.6 is 0 Å². The zero-order valence-corrected chi connectivity index (χ0v) is 16.9. The van der Waals surface area contributed by atoms with Crippen LogP contribution in [0.5, 0.6) is 5.75 Å². The number of benzene rings is 1. The molecule has 0 N–H and O–H groups in total. The lowest BCUT2D eigenvalue weighted by Crippen LogP contribution is -2.40. The van der Waals surface area contributed by atoms with Gasteiger partial charge in [0.1, 0.15) is 18.1 Å². The molecule has 9 nitrogen and oxygen atoms in total. The molecule has 0 radical (unpaired) electrons. The SMILES string of the molecule is O=C1C2C3C=CC(C4CC34)C2C(=O)N1N=Cc1ccc(COc2ccccc2[N+](=O)[O-])o1. The highest BCUT2D eigenvalue weighted by Gasteiger charge is 2.67. The van der Waals surface area contributed by atoms with Crippen molar-refractivity contribution < 1.29 is 23.7 Å². The van der Waals surface area contributed by atoms with Crippen molar-refractivity contribution in [1.82, 2.24) is 5.01 Å². The molecule has 5 aliphatic rings. The third-order valence-corrected chi connectivity index (χ3v) is 7.05. The molecule has 6 atom stereocenters.